The molecule has 26 heavy (non-hydrogen) atoms. The van der Waals surface area contributed by atoms with Crippen LogP contribution in [0.4, 0.5) is 0 Å². The van der Waals surface area contributed by atoms with Gasteiger partial charge >= 0.3 is 0 Å². The first-order valence-electron chi connectivity index (χ1n) is 8.33. The number of amides is 2. The molecule has 2 N–H and O–H groups in total. The van der Waals surface area contributed by atoms with Crippen molar-refractivity contribution in [1.82, 2.24) is 10.6 Å². The van der Waals surface area contributed by atoms with Crippen molar-refractivity contribution >= 4 is 35.2 Å². The summed E-state index contributed by atoms with van der Waals surface area (Å²) in [6.45, 7) is 3.70. The van der Waals surface area contributed by atoms with Crippen LogP contribution in [0, 0.1) is 6.92 Å². The first kappa shape index (κ1) is 20.4. The van der Waals surface area contributed by atoms with Gasteiger partial charge in [0.2, 0.25) is 5.91 Å². The molecule has 2 atom stereocenters. The van der Waals surface area contributed by atoms with E-state index >= 15 is 0 Å². The second-order valence-electron chi connectivity index (χ2n) is 5.97. The largest absolute Gasteiger partial charge is 0.464 e. The first-order valence-corrected chi connectivity index (χ1v) is 10.1. The smallest absolute Gasteiger partial charge is 0.253 e. The number of thioether (sulfide) groups is 1. The van der Waals surface area contributed by atoms with Crippen LogP contribution in [0.2, 0.25) is 5.02 Å². The van der Waals surface area contributed by atoms with Gasteiger partial charge in [0.05, 0.1) is 16.6 Å². The monoisotopic (exact) mass is 394 g/mol. The Bertz CT molecular complexity index is 763. The summed E-state index contributed by atoms with van der Waals surface area (Å²) in [6, 6.07) is 9.52. The van der Waals surface area contributed by atoms with Crippen LogP contribution in [0.1, 0.15) is 41.3 Å². The van der Waals surface area contributed by atoms with Crippen molar-refractivity contribution in [3.63, 3.8) is 0 Å². The molecule has 5 nitrogen and oxygen atoms in total. The zero-order valence-corrected chi connectivity index (χ0v) is 16.6. The molecule has 2 rings (SSSR count). The lowest BCUT2D eigenvalue weighted by Crippen LogP contribution is -2.47. The average molecular weight is 395 g/mol. The molecule has 0 saturated carbocycles. The molecule has 7 heteroatoms. The van der Waals surface area contributed by atoms with Crippen LogP contribution in [0.3, 0.4) is 0 Å². The van der Waals surface area contributed by atoms with E-state index in [1.54, 1.807) is 36.0 Å². The Morgan fingerprint density at radius 2 is 1.92 bits per heavy atom. The fraction of sp³-hybridized carbons (Fsp3) is 0.368. The molecular weight excluding hydrogens is 372 g/mol. The summed E-state index contributed by atoms with van der Waals surface area (Å²) in [7, 11) is 0. The number of hydrogen-bond donors (Lipinski definition) is 2. The van der Waals surface area contributed by atoms with E-state index in [9.17, 15) is 9.59 Å². The Hall–Kier alpha value is -1.92. The van der Waals surface area contributed by atoms with Crippen LogP contribution >= 0.6 is 23.4 Å². The minimum absolute atomic E-state index is 0.249. The van der Waals surface area contributed by atoms with Gasteiger partial charge in [0.25, 0.3) is 5.91 Å². The summed E-state index contributed by atoms with van der Waals surface area (Å²) in [5.74, 6) is 1.60. The zero-order valence-electron chi connectivity index (χ0n) is 15.0. The molecule has 0 fully saturated rings. The lowest BCUT2D eigenvalue weighted by molar-refractivity contribution is -0.123. The maximum Gasteiger partial charge on any atom is 0.253 e. The van der Waals surface area contributed by atoms with Crippen LogP contribution in [-0.2, 0) is 4.79 Å². The summed E-state index contributed by atoms with van der Waals surface area (Å²) in [6.07, 6.45) is 2.48. The summed E-state index contributed by atoms with van der Waals surface area (Å²) in [4.78, 5) is 25.2. The van der Waals surface area contributed by atoms with Crippen LogP contribution in [0.15, 0.2) is 40.8 Å². The maximum absolute atomic E-state index is 12.7. The number of halogens is 1. The van der Waals surface area contributed by atoms with Crippen molar-refractivity contribution in [1.29, 1.82) is 0 Å². The SMILES string of the molecule is CSCCC(NC(=O)c1ccccc1Cl)C(=O)NC(C)c1ccc(C)o1. The van der Waals surface area contributed by atoms with E-state index in [1.165, 1.54) is 0 Å². The molecule has 0 saturated heterocycles. The molecule has 1 heterocycles. The lowest BCUT2D eigenvalue weighted by atomic mass is 10.1. The Labute approximate surface area is 162 Å². The van der Waals surface area contributed by atoms with Gasteiger partial charge < -0.3 is 15.1 Å². The normalized spacial score (nSPS) is 13.1. The molecule has 0 aliphatic carbocycles. The zero-order chi connectivity index (χ0) is 19.1. The van der Waals surface area contributed by atoms with Crippen molar-refractivity contribution < 1.29 is 14.0 Å². The second kappa shape index (κ2) is 9.69. The van der Waals surface area contributed by atoms with Crippen molar-refractivity contribution in [3.05, 3.63) is 58.5 Å². The summed E-state index contributed by atoms with van der Waals surface area (Å²) in [5, 5.41) is 6.05. The van der Waals surface area contributed by atoms with Gasteiger partial charge in [0.15, 0.2) is 0 Å². The maximum atomic E-state index is 12.7. The molecule has 1 aromatic heterocycles. The van der Waals surface area contributed by atoms with Crippen LogP contribution in [0.25, 0.3) is 0 Å². The molecule has 2 amide bonds. The van der Waals surface area contributed by atoms with E-state index in [-0.39, 0.29) is 17.9 Å². The minimum atomic E-state index is -0.648. The molecule has 0 radical (unpaired) electrons. The molecular formula is C19H23ClN2O3S. The Morgan fingerprint density at radius 1 is 1.19 bits per heavy atom. The number of benzene rings is 1. The first-order chi connectivity index (χ1) is 12.4. The van der Waals surface area contributed by atoms with Gasteiger partial charge in [0.1, 0.15) is 17.6 Å². The molecule has 0 spiro atoms. The molecule has 140 valence electrons. The van der Waals surface area contributed by atoms with Crippen molar-refractivity contribution in [2.75, 3.05) is 12.0 Å². The Kier molecular flexibility index (Phi) is 7.60. The van der Waals surface area contributed by atoms with Gasteiger partial charge in [-0.3, -0.25) is 9.59 Å². The van der Waals surface area contributed by atoms with E-state index in [2.05, 4.69) is 10.6 Å². The fourth-order valence-corrected chi connectivity index (χ4v) is 3.15. The van der Waals surface area contributed by atoms with Crippen LogP contribution in [-0.4, -0.2) is 29.9 Å². The number of carbonyl (C=O) groups is 2. The Morgan fingerprint density at radius 3 is 2.54 bits per heavy atom. The number of hydrogen-bond acceptors (Lipinski definition) is 4. The van der Waals surface area contributed by atoms with Gasteiger partial charge in [-0.1, -0.05) is 23.7 Å². The van der Waals surface area contributed by atoms with Gasteiger partial charge in [-0.25, -0.2) is 0 Å². The van der Waals surface area contributed by atoms with E-state index < -0.39 is 6.04 Å². The van der Waals surface area contributed by atoms with Gasteiger partial charge in [-0.2, -0.15) is 11.8 Å². The predicted molar refractivity (Wildman–Crippen MR) is 106 cm³/mol. The highest BCUT2D eigenvalue weighted by atomic mass is 35.5. The Balaban J connectivity index is 2.06. The molecule has 0 aliphatic heterocycles. The number of furan rings is 1. The molecule has 0 aliphatic rings. The predicted octanol–water partition coefficient (Wildman–Crippen LogP) is 3.97. The number of nitrogens with one attached hydrogen (secondary N) is 2. The van der Waals surface area contributed by atoms with Crippen molar-refractivity contribution in [2.24, 2.45) is 0 Å². The highest BCUT2D eigenvalue weighted by Crippen LogP contribution is 2.17. The third kappa shape index (κ3) is 5.54. The second-order valence-corrected chi connectivity index (χ2v) is 7.36. The lowest BCUT2D eigenvalue weighted by Gasteiger charge is -2.20. The summed E-state index contributed by atoms with van der Waals surface area (Å²) in [5.41, 5.74) is 0.353. The van der Waals surface area contributed by atoms with E-state index in [1.807, 2.05) is 32.2 Å². The topological polar surface area (TPSA) is 71.3 Å². The van der Waals surface area contributed by atoms with Gasteiger partial charge in [-0.15, -0.1) is 0 Å². The third-order valence-corrected chi connectivity index (χ3v) is 4.87. The highest BCUT2D eigenvalue weighted by molar-refractivity contribution is 7.98. The molecule has 1 aromatic carbocycles. The number of aryl methyl sites for hydroxylation is 1. The number of rotatable bonds is 8. The van der Waals surface area contributed by atoms with E-state index in [0.717, 1.165) is 11.5 Å². The average Bonchev–Trinajstić information content (AvgIpc) is 3.05. The van der Waals surface area contributed by atoms with E-state index in [0.29, 0.717) is 22.8 Å². The molecule has 0 bridgehead atoms. The third-order valence-electron chi connectivity index (χ3n) is 3.90. The highest BCUT2D eigenvalue weighted by Gasteiger charge is 2.24. The van der Waals surface area contributed by atoms with Crippen LogP contribution in [0.5, 0.6) is 0 Å². The summed E-state index contributed by atoms with van der Waals surface area (Å²) < 4.78 is 5.55. The van der Waals surface area contributed by atoms with Gasteiger partial charge in [-0.05, 0) is 56.5 Å². The standard InChI is InChI=1S/C19H23ClN2O3S/c1-12-8-9-17(25-12)13(2)21-19(24)16(10-11-26-3)22-18(23)14-6-4-5-7-15(14)20/h4-9,13,16H,10-11H2,1-3H3,(H,21,24)(H,22,23). The molecule has 2 unspecified atom stereocenters. The van der Waals surface area contributed by atoms with Crippen LogP contribution < -0.4 is 10.6 Å². The summed E-state index contributed by atoms with van der Waals surface area (Å²) >= 11 is 7.69. The fourth-order valence-electron chi connectivity index (χ4n) is 2.46. The van der Waals surface area contributed by atoms with Crippen molar-refractivity contribution in [2.45, 2.75) is 32.4 Å². The van der Waals surface area contributed by atoms with E-state index in [4.69, 9.17) is 16.0 Å². The molecule has 2 aromatic rings. The quantitative estimate of drug-likeness (QED) is 0.710. The minimum Gasteiger partial charge on any atom is -0.464 e. The van der Waals surface area contributed by atoms with Gasteiger partial charge in [0, 0.05) is 0 Å². The number of carbonyl (C=O) groups excluding carboxylic acids is 2. The van der Waals surface area contributed by atoms with Crippen molar-refractivity contribution in [3.8, 4) is 0 Å².